The smallest absolute Gasteiger partial charge is 0.121 e. The van der Waals surface area contributed by atoms with Gasteiger partial charge in [0.1, 0.15) is 5.75 Å². The first-order chi connectivity index (χ1) is 6.26. The molecule has 2 nitrogen and oxygen atoms in total. The lowest BCUT2D eigenvalue weighted by molar-refractivity contribution is 0.414. The van der Waals surface area contributed by atoms with E-state index < -0.39 is 0 Å². The van der Waals surface area contributed by atoms with Crippen molar-refractivity contribution in [1.29, 1.82) is 0 Å². The van der Waals surface area contributed by atoms with Crippen molar-refractivity contribution in [2.75, 3.05) is 19.0 Å². The third kappa shape index (κ3) is 2.98. The molecule has 0 atom stereocenters. The highest BCUT2D eigenvalue weighted by Crippen LogP contribution is 2.19. The minimum Gasteiger partial charge on any atom is -0.497 e. The van der Waals surface area contributed by atoms with Crippen molar-refractivity contribution in [3.8, 4) is 5.75 Å². The zero-order valence-electron chi connectivity index (χ0n) is 8.55. The van der Waals surface area contributed by atoms with E-state index in [1.54, 1.807) is 7.11 Å². The van der Waals surface area contributed by atoms with Crippen molar-refractivity contribution in [3.63, 3.8) is 0 Å². The second-order valence-corrected chi connectivity index (χ2v) is 3.17. The molecule has 0 bridgehead atoms. The number of rotatable bonds is 4. The zero-order valence-corrected chi connectivity index (χ0v) is 8.55. The lowest BCUT2D eigenvalue weighted by Gasteiger charge is -2.08. The van der Waals surface area contributed by atoms with Crippen LogP contribution in [-0.4, -0.2) is 13.7 Å². The molecule has 0 amide bonds. The normalized spacial score (nSPS) is 9.77. The molecule has 1 aromatic carbocycles. The van der Waals surface area contributed by atoms with Gasteiger partial charge < -0.3 is 10.1 Å². The highest BCUT2D eigenvalue weighted by Gasteiger charge is 1.96. The summed E-state index contributed by atoms with van der Waals surface area (Å²) >= 11 is 0. The van der Waals surface area contributed by atoms with Crippen molar-refractivity contribution in [2.45, 2.75) is 20.3 Å². The monoisotopic (exact) mass is 179 g/mol. The maximum atomic E-state index is 5.18. The molecule has 0 unspecified atom stereocenters. The third-order valence-corrected chi connectivity index (χ3v) is 1.87. The van der Waals surface area contributed by atoms with E-state index in [-0.39, 0.29) is 0 Å². The fraction of sp³-hybridized carbons (Fsp3) is 0.455. The number of hydrogen-bond donors (Lipinski definition) is 1. The predicted molar refractivity (Wildman–Crippen MR) is 56.5 cm³/mol. The van der Waals surface area contributed by atoms with Gasteiger partial charge in [-0.25, -0.2) is 0 Å². The predicted octanol–water partition coefficient (Wildman–Crippen LogP) is 2.83. The fourth-order valence-electron chi connectivity index (χ4n) is 1.24. The van der Waals surface area contributed by atoms with Crippen LogP contribution in [0.4, 0.5) is 5.69 Å². The topological polar surface area (TPSA) is 21.3 Å². The van der Waals surface area contributed by atoms with Crippen LogP contribution in [0, 0.1) is 6.92 Å². The lowest BCUT2D eigenvalue weighted by Crippen LogP contribution is -2.00. The average Bonchev–Trinajstić information content (AvgIpc) is 2.14. The SMILES string of the molecule is CCCNc1cc(C)cc(OC)c1. The second-order valence-electron chi connectivity index (χ2n) is 3.17. The van der Waals surface area contributed by atoms with Crippen molar-refractivity contribution < 1.29 is 4.74 Å². The summed E-state index contributed by atoms with van der Waals surface area (Å²) in [7, 11) is 1.69. The Bertz CT molecular complexity index is 271. The van der Waals surface area contributed by atoms with E-state index in [9.17, 15) is 0 Å². The molecule has 1 rings (SSSR count). The van der Waals surface area contributed by atoms with Crippen LogP contribution in [-0.2, 0) is 0 Å². The molecular formula is C11H17NO. The minimum atomic E-state index is 0.915. The minimum absolute atomic E-state index is 0.915. The van der Waals surface area contributed by atoms with Gasteiger partial charge >= 0.3 is 0 Å². The number of aryl methyl sites for hydroxylation is 1. The first-order valence-corrected chi connectivity index (χ1v) is 4.66. The highest BCUT2D eigenvalue weighted by molar-refractivity contribution is 5.50. The quantitative estimate of drug-likeness (QED) is 0.767. The van der Waals surface area contributed by atoms with Gasteiger partial charge in [-0.2, -0.15) is 0 Å². The Morgan fingerprint density at radius 3 is 2.69 bits per heavy atom. The van der Waals surface area contributed by atoms with Crippen molar-refractivity contribution >= 4 is 5.69 Å². The van der Waals surface area contributed by atoms with Crippen LogP contribution in [0.1, 0.15) is 18.9 Å². The Morgan fingerprint density at radius 2 is 2.08 bits per heavy atom. The maximum Gasteiger partial charge on any atom is 0.121 e. The molecular weight excluding hydrogens is 162 g/mol. The number of anilines is 1. The molecule has 0 aliphatic carbocycles. The van der Waals surface area contributed by atoms with E-state index in [1.165, 1.54) is 5.56 Å². The van der Waals surface area contributed by atoms with Crippen LogP contribution in [0.5, 0.6) is 5.75 Å². The zero-order chi connectivity index (χ0) is 9.68. The maximum absolute atomic E-state index is 5.18. The van der Waals surface area contributed by atoms with Gasteiger partial charge in [-0.05, 0) is 31.0 Å². The van der Waals surface area contributed by atoms with Gasteiger partial charge in [-0.1, -0.05) is 6.92 Å². The summed E-state index contributed by atoms with van der Waals surface area (Å²) in [4.78, 5) is 0. The van der Waals surface area contributed by atoms with Crippen molar-refractivity contribution in [3.05, 3.63) is 23.8 Å². The summed E-state index contributed by atoms with van der Waals surface area (Å²) in [6.45, 7) is 5.23. The molecule has 2 heteroatoms. The highest BCUT2D eigenvalue weighted by atomic mass is 16.5. The molecule has 0 saturated carbocycles. The molecule has 1 N–H and O–H groups in total. The summed E-state index contributed by atoms with van der Waals surface area (Å²) in [6.07, 6.45) is 1.14. The molecule has 0 saturated heterocycles. The first kappa shape index (κ1) is 9.90. The molecule has 0 aliphatic heterocycles. The molecule has 0 spiro atoms. The molecule has 0 aromatic heterocycles. The summed E-state index contributed by atoms with van der Waals surface area (Å²) in [6, 6.07) is 6.16. The van der Waals surface area contributed by atoms with Crippen molar-refractivity contribution in [2.24, 2.45) is 0 Å². The Kier molecular flexibility index (Phi) is 3.62. The lowest BCUT2D eigenvalue weighted by atomic mass is 10.2. The van der Waals surface area contributed by atoms with E-state index in [0.717, 1.165) is 24.4 Å². The Balaban J connectivity index is 2.76. The van der Waals surface area contributed by atoms with Crippen molar-refractivity contribution in [1.82, 2.24) is 0 Å². The number of methoxy groups -OCH3 is 1. The van der Waals surface area contributed by atoms with Gasteiger partial charge in [0, 0.05) is 18.3 Å². The van der Waals surface area contributed by atoms with E-state index in [1.807, 2.05) is 12.1 Å². The fourth-order valence-corrected chi connectivity index (χ4v) is 1.24. The van der Waals surface area contributed by atoms with Gasteiger partial charge in [0.05, 0.1) is 7.11 Å². The summed E-state index contributed by atoms with van der Waals surface area (Å²) in [5.74, 6) is 0.915. The first-order valence-electron chi connectivity index (χ1n) is 4.66. The second kappa shape index (κ2) is 4.75. The molecule has 0 fully saturated rings. The van der Waals surface area contributed by atoms with E-state index in [2.05, 4.69) is 25.2 Å². The van der Waals surface area contributed by atoms with E-state index in [4.69, 9.17) is 4.74 Å². The molecule has 1 aromatic rings. The van der Waals surface area contributed by atoms with Gasteiger partial charge in [0.25, 0.3) is 0 Å². The number of nitrogens with one attached hydrogen (secondary N) is 1. The van der Waals surface area contributed by atoms with E-state index in [0.29, 0.717) is 0 Å². The Morgan fingerprint density at radius 1 is 1.31 bits per heavy atom. The van der Waals surface area contributed by atoms with Crippen LogP contribution in [0.3, 0.4) is 0 Å². The third-order valence-electron chi connectivity index (χ3n) is 1.87. The van der Waals surface area contributed by atoms with Crippen LogP contribution in [0.2, 0.25) is 0 Å². The standard InChI is InChI=1S/C11H17NO/c1-4-5-12-10-6-9(2)7-11(8-10)13-3/h6-8,12H,4-5H2,1-3H3. The van der Waals surface area contributed by atoms with Crippen LogP contribution in [0.25, 0.3) is 0 Å². The van der Waals surface area contributed by atoms with Gasteiger partial charge in [-0.3, -0.25) is 0 Å². The van der Waals surface area contributed by atoms with Gasteiger partial charge in [-0.15, -0.1) is 0 Å². The summed E-state index contributed by atoms with van der Waals surface area (Å²) in [5.41, 5.74) is 2.36. The van der Waals surface area contributed by atoms with Crippen LogP contribution >= 0.6 is 0 Å². The molecule has 13 heavy (non-hydrogen) atoms. The average molecular weight is 179 g/mol. The van der Waals surface area contributed by atoms with Gasteiger partial charge in [0.15, 0.2) is 0 Å². The number of ether oxygens (including phenoxy) is 1. The number of hydrogen-bond acceptors (Lipinski definition) is 2. The summed E-state index contributed by atoms with van der Waals surface area (Å²) in [5, 5.41) is 3.33. The number of benzene rings is 1. The molecule has 0 aliphatic rings. The van der Waals surface area contributed by atoms with Gasteiger partial charge in [0.2, 0.25) is 0 Å². The van der Waals surface area contributed by atoms with E-state index >= 15 is 0 Å². The largest absolute Gasteiger partial charge is 0.497 e. The van der Waals surface area contributed by atoms with Crippen LogP contribution < -0.4 is 10.1 Å². The molecule has 0 heterocycles. The van der Waals surface area contributed by atoms with Crippen LogP contribution in [0.15, 0.2) is 18.2 Å². The Hall–Kier alpha value is -1.18. The Labute approximate surface area is 79.9 Å². The summed E-state index contributed by atoms with van der Waals surface area (Å²) < 4.78 is 5.18. The molecule has 72 valence electrons. The molecule has 0 radical (unpaired) electrons.